The van der Waals surface area contributed by atoms with Gasteiger partial charge in [0.1, 0.15) is 4.90 Å². The van der Waals surface area contributed by atoms with Crippen molar-refractivity contribution in [3.63, 3.8) is 0 Å². The average Bonchev–Trinajstić information content (AvgIpc) is 2.29. The van der Waals surface area contributed by atoms with Crippen molar-refractivity contribution in [1.29, 1.82) is 0 Å². The van der Waals surface area contributed by atoms with Crippen LogP contribution < -0.4 is 4.72 Å². The first-order valence-corrected chi connectivity index (χ1v) is 8.19. The van der Waals surface area contributed by atoms with E-state index in [4.69, 9.17) is 16.3 Å². The van der Waals surface area contributed by atoms with E-state index in [0.717, 1.165) is 17.3 Å². The van der Waals surface area contributed by atoms with Gasteiger partial charge in [0, 0.05) is 17.1 Å². The standard InChI is InChI=1S/C11H13BrClNO3S/c12-8-3-4-11(10(13)6-8)18(15,16)14-9-2-1-5-17-7-9/h3-4,6,9,14H,1-2,5,7H2. The van der Waals surface area contributed by atoms with E-state index in [0.29, 0.717) is 13.2 Å². The van der Waals surface area contributed by atoms with Gasteiger partial charge < -0.3 is 4.74 Å². The number of nitrogens with one attached hydrogen (secondary N) is 1. The lowest BCUT2D eigenvalue weighted by atomic mass is 10.1. The van der Waals surface area contributed by atoms with Crippen LogP contribution in [-0.2, 0) is 14.8 Å². The summed E-state index contributed by atoms with van der Waals surface area (Å²) in [5, 5.41) is 0.202. The third-order valence-corrected chi connectivity index (χ3v) is 5.16. The Hall–Kier alpha value is -0.140. The topological polar surface area (TPSA) is 55.4 Å². The molecule has 1 aromatic rings. The van der Waals surface area contributed by atoms with Gasteiger partial charge in [-0.2, -0.15) is 0 Å². The van der Waals surface area contributed by atoms with E-state index in [2.05, 4.69) is 20.7 Å². The molecule has 0 bridgehead atoms. The molecule has 1 aliphatic heterocycles. The highest BCUT2D eigenvalue weighted by molar-refractivity contribution is 9.10. The average molecular weight is 355 g/mol. The van der Waals surface area contributed by atoms with Crippen LogP contribution in [0.5, 0.6) is 0 Å². The molecular formula is C11H13BrClNO3S. The molecule has 0 aromatic heterocycles. The Balaban J connectivity index is 2.19. The molecule has 1 heterocycles. The van der Waals surface area contributed by atoms with Crippen LogP contribution in [0, 0.1) is 0 Å². The van der Waals surface area contributed by atoms with E-state index >= 15 is 0 Å². The Labute approximate surface area is 120 Å². The van der Waals surface area contributed by atoms with Gasteiger partial charge in [0.25, 0.3) is 0 Å². The smallest absolute Gasteiger partial charge is 0.242 e. The zero-order valence-electron chi connectivity index (χ0n) is 9.53. The molecule has 100 valence electrons. The third kappa shape index (κ3) is 3.45. The fourth-order valence-corrected chi connectivity index (χ4v) is 4.10. The lowest BCUT2D eigenvalue weighted by Gasteiger charge is -2.23. The minimum Gasteiger partial charge on any atom is -0.380 e. The van der Waals surface area contributed by atoms with Crippen molar-refractivity contribution in [3.8, 4) is 0 Å². The maximum absolute atomic E-state index is 12.2. The van der Waals surface area contributed by atoms with Crippen LogP contribution >= 0.6 is 27.5 Å². The minimum absolute atomic E-state index is 0.0953. The number of sulfonamides is 1. The molecule has 2 rings (SSSR count). The van der Waals surface area contributed by atoms with E-state index in [9.17, 15) is 8.42 Å². The summed E-state index contributed by atoms with van der Waals surface area (Å²) in [5.74, 6) is 0. The Morgan fingerprint density at radius 2 is 2.22 bits per heavy atom. The van der Waals surface area contributed by atoms with Crippen molar-refractivity contribution in [2.45, 2.75) is 23.8 Å². The highest BCUT2D eigenvalue weighted by atomic mass is 79.9. The van der Waals surface area contributed by atoms with Crippen molar-refractivity contribution in [3.05, 3.63) is 27.7 Å². The Morgan fingerprint density at radius 3 is 2.83 bits per heavy atom. The third-order valence-electron chi connectivity index (χ3n) is 2.67. The molecule has 7 heteroatoms. The van der Waals surface area contributed by atoms with Gasteiger partial charge in [0.05, 0.1) is 11.6 Å². The molecule has 18 heavy (non-hydrogen) atoms. The molecule has 1 aromatic carbocycles. The Kier molecular flexibility index (Phi) is 4.66. The fraction of sp³-hybridized carbons (Fsp3) is 0.455. The van der Waals surface area contributed by atoms with Crippen LogP contribution in [0.15, 0.2) is 27.6 Å². The maximum atomic E-state index is 12.2. The molecule has 1 saturated heterocycles. The summed E-state index contributed by atoms with van der Waals surface area (Å²) < 4.78 is 32.9. The first-order valence-electron chi connectivity index (χ1n) is 5.54. The van der Waals surface area contributed by atoms with Gasteiger partial charge in [-0.3, -0.25) is 0 Å². The monoisotopic (exact) mass is 353 g/mol. The highest BCUT2D eigenvalue weighted by Gasteiger charge is 2.24. The largest absolute Gasteiger partial charge is 0.380 e. The van der Waals surface area contributed by atoms with E-state index in [1.165, 1.54) is 6.07 Å². The van der Waals surface area contributed by atoms with Crippen LogP contribution in [0.1, 0.15) is 12.8 Å². The van der Waals surface area contributed by atoms with Crippen LogP contribution in [0.4, 0.5) is 0 Å². The van der Waals surface area contributed by atoms with Gasteiger partial charge in [-0.1, -0.05) is 27.5 Å². The molecule has 0 aliphatic carbocycles. The molecule has 0 radical (unpaired) electrons. The second-order valence-corrected chi connectivity index (χ2v) is 7.12. The molecule has 0 amide bonds. The molecule has 1 unspecified atom stereocenters. The normalized spacial score (nSPS) is 20.9. The van der Waals surface area contributed by atoms with E-state index in [1.54, 1.807) is 12.1 Å². The van der Waals surface area contributed by atoms with Crippen LogP contribution in [0.25, 0.3) is 0 Å². The van der Waals surface area contributed by atoms with Gasteiger partial charge in [-0.05, 0) is 31.0 Å². The van der Waals surface area contributed by atoms with Crippen molar-refractivity contribution in [1.82, 2.24) is 4.72 Å². The molecule has 0 spiro atoms. The van der Waals surface area contributed by atoms with Gasteiger partial charge >= 0.3 is 0 Å². The van der Waals surface area contributed by atoms with E-state index < -0.39 is 10.0 Å². The predicted octanol–water partition coefficient (Wildman–Crippen LogP) is 2.56. The zero-order valence-corrected chi connectivity index (χ0v) is 12.7. The first kappa shape index (κ1) is 14.3. The SMILES string of the molecule is O=S(=O)(NC1CCCOC1)c1ccc(Br)cc1Cl. The maximum Gasteiger partial charge on any atom is 0.242 e. The van der Waals surface area contributed by atoms with Gasteiger partial charge in [0.2, 0.25) is 10.0 Å². The van der Waals surface area contributed by atoms with Crippen molar-refractivity contribution in [2.24, 2.45) is 0 Å². The lowest BCUT2D eigenvalue weighted by molar-refractivity contribution is 0.0774. The van der Waals surface area contributed by atoms with Crippen molar-refractivity contribution >= 4 is 37.6 Å². The summed E-state index contributed by atoms with van der Waals surface area (Å²) in [7, 11) is -3.59. The predicted molar refractivity (Wildman–Crippen MR) is 73.3 cm³/mol. The van der Waals surface area contributed by atoms with E-state index in [-0.39, 0.29) is 16.0 Å². The van der Waals surface area contributed by atoms with Crippen LogP contribution in [0.3, 0.4) is 0 Å². The number of halogens is 2. The number of hydrogen-bond donors (Lipinski definition) is 1. The summed E-state index contributed by atoms with van der Waals surface area (Å²) in [4.78, 5) is 0.0953. The molecule has 0 saturated carbocycles. The fourth-order valence-electron chi connectivity index (χ4n) is 1.81. The summed E-state index contributed by atoms with van der Waals surface area (Å²) in [6.07, 6.45) is 1.65. The van der Waals surface area contributed by atoms with Crippen molar-refractivity contribution < 1.29 is 13.2 Å². The summed E-state index contributed by atoms with van der Waals surface area (Å²) in [5.41, 5.74) is 0. The second kappa shape index (κ2) is 5.88. The highest BCUT2D eigenvalue weighted by Crippen LogP contribution is 2.25. The molecule has 1 N–H and O–H groups in total. The van der Waals surface area contributed by atoms with Gasteiger partial charge in [-0.15, -0.1) is 0 Å². The number of ether oxygens (including phenoxy) is 1. The Morgan fingerprint density at radius 1 is 1.44 bits per heavy atom. The molecule has 1 fully saturated rings. The van der Waals surface area contributed by atoms with Gasteiger partial charge in [-0.25, -0.2) is 13.1 Å². The number of hydrogen-bond acceptors (Lipinski definition) is 3. The summed E-state index contributed by atoms with van der Waals surface area (Å²) in [6, 6.07) is 4.52. The number of benzene rings is 1. The molecule has 1 atom stereocenters. The zero-order chi connectivity index (χ0) is 13.2. The molecular weight excluding hydrogens is 342 g/mol. The summed E-state index contributed by atoms with van der Waals surface area (Å²) in [6.45, 7) is 1.10. The lowest BCUT2D eigenvalue weighted by Crippen LogP contribution is -2.40. The summed E-state index contributed by atoms with van der Waals surface area (Å²) >= 11 is 9.19. The first-order chi connectivity index (χ1) is 8.49. The van der Waals surface area contributed by atoms with Crippen molar-refractivity contribution in [2.75, 3.05) is 13.2 Å². The molecule has 4 nitrogen and oxygen atoms in total. The van der Waals surface area contributed by atoms with Crippen LogP contribution in [0.2, 0.25) is 5.02 Å². The van der Waals surface area contributed by atoms with Gasteiger partial charge in [0.15, 0.2) is 0 Å². The quantitative estimate of drug-likeness (QED) is 0.907. The number of rotatable bonds is 3. The Bertz CT molecular complexity index is 529. The minimum atomic E-state index is -3.59. The van der Waals surface area contributed by atoms with Crippen LogP contribution in [-0.4, -0.2) is 27.7 Å². The second-order valence-electron chi connectivity index (χ2n) is 4.11. The molecule has 1 aliphatic rings. The van der Waals surface area contributed by atoms with E-state index in [1.807, 2.05) is 0 Å².